The van der Waals surface area contributed by atoms with E-state index in [-0.39, 0.29) is 23.9 Å². The van der Waals surface area contributed by atoms with E-state index in [1.54, 1.807) is 16.2 Å². The fourth-order valence-electron chi connectivity index (χ4n) is 2.46. The van der Waals surface area contributed by atoms with Gasteiger partial charge in [0.05, 0.1) is 0 Å². The topological polar surface area (TPSA) is 49.4 Å². The molecule has 104 valence electrons. The van der Waals surface area contributed by atoms with Crippen molar-refractivity contribution in [3.63, 3.8) is 0 Å². The summed E-state index contributed by atoms with van der Waals surface area (Å²) >= 11 is 1.66. The van der Waals surface area contributed by atoms with Gasteiger partial charge in [0.25, 0.3) is 0 Å². The number of amides is 2. The summed E-state index contributed by atoms with van der Waals surface area (Å²) in [6, 6.07) is 1.41. The molecule has 4 nitrogen and oxygen atoms in total. The Morgan fingerprint density at radius 2 is 2.11 bits per heavy atom. The fraction of sp³-hybridized carbons (Fsp3) is 0.571. The number of piperazine rings is 1. The van der Waals surface area contributed by atoms with Crippen molar-refractivity contribution in [2.24, 2.45) is 0 Å². The quantitative estimate of drug-likeness (QED) is 0.894. The van der Waals surface area contributed by atoms with Gasteiger partial charge in [-0.15, -0.1) is 0 Å². The maximum absolute atomic E-state index is 12.3. The van der Waals surface area contributed by atoms with Gasteiger partial charge in [-0.3, -0.25) is 9.59 Å². The highest BCUT2D eigenvalue weighted by atomic mass is 32.1. The van der Waals surface area contributed by atoms with Crippen LogP contribution in [0, 0.1) is 0 Å². The first-order valence-corrected chi connectivity index (χ1v) is 7.73. The molecule has 1 aromatic rings. The zero-order valence-electron chi connectivity index (χ0n) is 11.4. The minimum Gasteiger partial charge on any atom is -0.343 e. The van der Waals surface area contributed by atoms with Crippen LogP contribution in [0.4, 0.5) is 0 Å². The van der Waals surface area contributed by atoms with Gasteiger partial charge >= 0.3 is 0 Å². The highest BCUT2D eigenvalue weighted by Crippen LogP contribution is 2.16. The van der Waals surface area contributed by atoms with Crippen molar-refractivity contribution in [2.45, 2.75) is 45.2 Å². The molecule has 19 heavy (non-hydrogen) atoms. The number of carbonyl (C=O) groups excluding carboxylic acids is 2. The fourth-order valence-corrected chi connectivity index (χ4v) is 3.16. The summed E-state index contributed by atoms with van der Waals surface area (Å²) in [5.74, 6) is 0.0449. The van der Waals surface area contributed by atoms with Crippen molar-refractivity contribution in [1.82, 2.24) is 10.2 Å². The molecule has 5 heteroatoms. The van der Waals surface area contributed by atoms with E-state index < -0.39 is 0 Å². The van der Waals surface area contributed by atoms with E-state index >= 15 is 0 Å². The van der Waals surface area contributed by atoms with Gasteiger partial charge in [0.1, 0.15) is 12.1 Å². The van der Waals surface area contributed by atoms with Crippen LogP contribution in [-0.2, 0) is 16.0 Å². The molecule has 1 fully saturated rings. The Morgan fingerprint density at radius 3 is 2.68 bits per heavy atom. The van der Waals surface area contributed by atoms with E-state index in [0.29, 0.717) is 19.4 Å². The van der Waals surface area contributed by atoms with Gasteiger partial charge in [0, 0.05) is 6.54 Å². The molecule has 0 spiro atoms. The third-order valence-electron chi connectivity index (χ3n) is 3.59. The second-order valence-electron chi connectivity index (χ2n) is 4.81. The van der Waals surface area contributed by atoms with Crippen molar-refractivity contribution >= 4 is 23.2 Å². The van der Waals surface area contributed by atoms with Gasteiger partial charge in [0.2, 0.25) is 11.8 Å². The summed E-state index contributed by atoms with van der Waals surface area (Å²) in [4.78, 5) is 26.1. The van der Waals surface area contributed by atoms with E-state index in [0.717, 1.165) is 6.42 Å². The van der Waals surface area contributed by atoms with Gasteiger partial charge in [-0.25, -0.2) is 0 Å². The molecule has 0 bridgehead atoms. The van der Waals surface area contributed by atoms with Crippen LogP contribution in [0.1, 0.15) is 32.3 Å². The highest BCUT2D eigenvalue weighted by Gasteiger charge is 2.38. The van der Waals surface area contributed by atoms with Crippen LogP contribution in [0.15, 0.2) is 16.8 Å². The van der Waals surface area contributed by atoms with Crippen molar-refractivity contribution < 1.29 is 9.59 Å². The number of rotatable bonds is 5. The first kappa shape index (κ1) is 14.1. The molecule has 1 aliphatic heterocycles. The first-order chi connectivity index (χ1) is 9.17. The molecular formula is C14H20N2O2S. The van der Waals surface area contributed by atoms with Crippen LogP contribution in [0.3, 0.4) is 0 Å². The minimum absolute atomic E-state index is 0.0146. The van der Waals surface area contributed by atoms with Gasteiger partial charge in [-0.1, -0.05) is 13.8 Å². The predicted octanol–water partition coefficient (Wildman–Crippen LogP) is 1.81. The molecule has 0 radical (unpaired) electrons. The number of nitrogens with zero attached hydrogens (tertiary/aromatic N) is 1. The Morgan fingerprint density at radius 1 is 1.32 bits per heavy atom. The van der Waals surface area contributed by atoms with Crippen LogP contribution in [0.2, 0.25) is 0 Å². The lowest BCUT2D eigenvalue weighted by atomic mass is 10.0. The monoisotopic (exact) mass is 280 g/mol. The lowest BCUT2D eigenvalue weighted by Crippen LogP contribution is -2.63. The maximum atomic E-state index is 12.3. The molecule has 1 aliphatic rings. The summed E-state index contributed by atoms with van der Waals surface area (Å²) < 4.78 is 0. The normalized spacial score (nSPS) is 23.6. The Bertz CT molecular complexity index is 444. The second kappa shape index (κ2) is 6.19. The molecule has 2 rings (SSSR count). The standard InChI is InChI=1S/C14H20N2O2S/c1-3-11-14(18)16(12(4-2)13(17)15-11)7-5-10-6-8-19-9-10/h6,8-9,11-12H,3-5,7H2,1-2H3,(H,15,17). The minimum atomic E-state index is -0.349. The van der Waals surface area contributed by atoms with Crippen LogP contribution >= 0.6 is 11.3 Å². The Hall–Kier alpha value is -1.36. The van der Waals surface area contributed by atoms with Crippen molar-refractivity contribution in [3.8, 4) is 0 Å². The molecule has 2 unspecified atom stereocenters. The predicted molar refractivity (Wildman–Crippen MR) is 76.0 cm³/mol. The maximum Gasteiger partial charge on any atom is 0.245 e. The summed E-state index contributed by atoms with van der Waals surface area (Å²) in [6.45, 7) is 4.49. The molecule has 1 N–H and O–H groups in total. The van der Waals surface area contributed by atoms with E-state index in [9.17, 15) is 9.59 Å². The average molecular weight is 280 g/mol. The molecule has 0 aliphatic carbocycles. The van der Waals surface area contributed by atoms with Crippen LogP contribution in [0.25, 0.3) is 0 Å². The Kier molecular flexibility index (Phi) is 4.58. The summed E-state index contributed by atoms with van der Waals surface area (Å²) in [6.07, 6.45) is 2.13. The highest BCUT2D eigenvalue weighted by molar-refractivity contribution is 7.07. The Balaban J connectivity index is 2.08. The number of nitrogens with one attached hydrogen (secondary N) is 1. The average Bonchev–Trinajstić information content (AvgIpc) is 2.92. The van der Waals surface area contributed by atoms with E-state index in [4.69, 9.17) is 0 Å². The van der Waals surface area contributed by atoms with Crippen LogP contribution < -0.4 is 5.32 Å². The Labute approximate surface area is 117 Å². The van der Waals surface area contributed by atoms with E-state index in [2.05, 4.69) is 16.8 Å². The smallest absolute Gasteiger partial charge is 0.245 e. The summed E-state index contributed by atoms with van der Waals surface area (Å²) in [5.41, 5.74) is 1.23. The van der Waals surface area contributed by atoms with Gasteiger partial charge in [0.15, 0.2) is 0 Å². The third-order valence-corrected chi connectivity index (χ3v) is 4.33. The number of hydrogen-bond acceptors (Lipinski definition) is 3. The van der Waals surface area contributed by atoms with Crippen molar-refractivity contribution in [1.29, 1.82) is 0 Å². The van der Waals surface area contributed by atoms with Crippen LogP contribution in [-0.4, -0.2) is 35.3 Å². The zero-order chi connectivity index (χ0) is 13.8. The van der Waals surface area contributed by atoms with E-state index in [1.165, 1.54) is 5.56 Å². The SMILES string of the molecule is CCC1NC(=O)C(CC)N(CCc2ccsc2)C1=O. The molecule has 0 aromatic carbocycles. The van der Waals surface area contributed by atoms with Crippen molar-refractivity contribution in [3.05, 3.63) is 22.4 Å². The lowest BCUT2D eigenvalue weighted by molar-refractivity contribution is -0.149. The summed E-state index contributed by atoms with van der Waals surface area (Å²) in [7, 11) is 0. The molecule has 0 saturated carbocycles. The molecule has 1 aromatic heterocycles. The van der Waals surface area contributed by atoms with Gasteiger partial charge < -0.3 is 10.2 Å². The molecule has 2 heterocycles. The molecule has 2 amide bonds. The van der Waals surface area contributed by atoms with Gasteiger partial charge in [-0.2, -0.15) is 11.3 Å². The lowest BCUT2D eigenvalue weighted by Gasteiger charge is -2.38. The van der Waals surface area contributed by atoms with E-state index in [1.807, 2.05) is 19.2 Å². The number of thiophene rings is 1. The van der Waals surface area contributed by atoms with Gasteiger partial charge in [-0.05, 0) is 41.7 Å². The number of hydrogen-bond donors (Lipinski definition) is 1. The first-order valence-electron chi connectivity index (χ1n) is 6.79. The third kappa shape index (κ3) is 2.97. The second-order valence-corrected chi connectivity index (χ2v) is 5.59. The van der Waals surface area contributed by atoms with Crippen LogP contribution in [0.5, 0.6) is 0 Å². The number of carbonyl (C=O) groups is 2. The molecule has 2 atom stereocenters. The molecular weight excluding hydrogens is 260 g/mol. The molecule has 1 saturated heterocycles. The summed E-state index contributed by atoms with van der Waals surface area (Å²) in [5, 5.41) is 6.94. The zero-order valence-corrected chi connectivity index (χ0v) is 12.2. The largest absolute Gasteiger partial charge is 0.343 e. The van der Waals surface area contributed by atoms with Crippen molar-refractivity contribution in [2.75, 3.05) is 6.54 Å².